The minimum Gasteiger partial charge on any atom is -0.388 e. The van der Waals surface area contributed by atoms with E-state index in [9.17, 15) is 26.3 Å². The molecule has 1 atom stereocenters. The Balaban J connectivity index is 2.57. The first-order chi connectivity index (χ1) is 12.6. The highest BCUT2D eigenvalue weighted by molar-refractivity contribution is 5.39. The number of nitrogens with zero attached hydrogens (tertiary/aromatic N) is 2. The largest absolute Gasteiger partial charge is 0.433 e. The first-order valence-corrected chi connectivity index (χ1v) is 7.04. The van der Waals surface area contributed by atoms with Crippen LogP contribution in [0.5, 0.6) is 11.5 Å². The third kappa shape index (κ3) is 3.47. The zero-order valence-corrected chi connectivity index (χ0v) is 13.1. The van der Waals surface area contributed by atoms with E-state index in [1.807, 2.05) is 0 Å². The predicted octanol–water partition coefficient (Wildman–Crippen LogP) is 4.93. The molecule has 140 valence electrons. The van der Waals surface area contributed by atoms with Gasteiger partial charge in [0.2, 0.25) is 0 Å². The summed E-state index contributed by atoms with van der Waals surface area (Å²) in [5.41, 5.74) is -7.71. The smallest absolute Gasteiger partial charge is 0.388 e. The number of hydrogen-bond donors (Lipinski definition) is 0. The second kappa shape index (κ2) is 7.08. The third-order valence-electron chi connectivity index (χ3n) is 3.62. The van der Waals surface area contributed by atoms with Gasteiger partial charge < -0.3 is 9.47 Å². The fourth-order valence-electron chi connectivity index (χ4n) is 2.31. The molecule has 0 fully saturated rings. The van der Waals surface area contributed by atoms with Crippen molar-refractivity contribution >= 4 is 0 Å². The van der Waals surface area contributed by atoms with E-state index in [0.717, 1.165) is 24.3 Å². The van der Waals surface area contributed by atoms with Crippen molar-refractivity contribution in [2.75, 3.05) is 0 Å². The van der Waals surface area contributed by atoms with Gasteiger partial charge in [0.1, 0.15) is 11.5 Å². The Hall–Kier alpha value is -3.40. The number of ether oxygens (including phenoxy) is 2. The van der Waals surface area contributed by atoms with E-state index >= 15 is 0 Å². The molecular formula is C17H8F6N2O2. The molecule has 0 aliphatic carbocycles. The Morgan fingerprint density at radius 1 is 0.630 bits per heavy atom. The molecule has 0 N–H and O–H groups in total. The third-order valence-corrected chi connectivity index (χ3v) is 3.62. The minimum atomic E-state index is -5.98. The Morgan fingerprint density at radius 2 is 1.00 bits per heavy atom. The molecule has 0 aliphatic heterocycles. The Morgan fingerprint density at radius 3 is 1.33 bits per heavy atom. The predicted molar refractivity (Wildman–Crippen MR) is 78.1 cm³/mol. The van der Waals surface area contributed by atoms with Crippen LogP contribution in [0.25, 0.3) is 0 Å². The quantitative estimate of drug-likeness (QED) is 0.540. The van der Waals surface area contributed by atoms with Gasteiger partial charge in [0.15, 0.2) is 0 Å². The average molecular weight is 386 g/mol. The maximum atomic E-state index is 15.0. The molecule has 0 saturated carbocycles. The van der Waals surface area contributed by atoms with Crippen molar-refractivity contribution in [1.82, 2.24) is 0 Å². The van der Waals surface area contributed by atoms with Gasteiger partial charge >= 0.3 is 12.1 Å². The molecule has 10 heteroatoms. The molecule has 2 aromatic carbocycles. The van der Waals surface area contributed by atoms with Crippen molar-refractivity contribution in [3.05, 3.63) is 59.7 Å². The number of alkyl halides is 6. The summed E-state index contributed by atoms with van der Waals surface area (Å²) in [6, 6.07) is 5.12. The second-order valence-electron chi connectivity index (χ2n) is 5.17. The monoisotopic (exact) mass is 386 g/mol. The van der Waals surface area contributed by atoms with Crippen LogP contribution >= 0.6 is 0 Å². The highest BCUT2D eigenvalue weighted by Gasteiger charge is 2.72. The highest BCUT2D eigenvalue weighted by Crippen LogP contribution is 2.57. The van der Waals surface area contributed by atoms with Crippen LogP contribution in [0.15, 0.2) is 48.5 Å². The molecule has 0 amide bonds. The van der Waals surface area contributed by atoms with Crippen LogP contribution in [0.1, 0.15) is 11.1 Å². The highest BCUT2D eigenvalue weighted by atomic mass is 19.4. The van der Waals surface area contributed by atoms with E-state index in [2.05, 4.69) is 9.47 Å². The van der Waals surface area contributed by atoms with Gasteiger partial charge in [-0.25, -0.2) is 4.39 Å². The summed E-state index contributed by atoms with van der Waals surface area (Å²) >= 11 is 0. The molecule has 0 spiro atoms. The van der Waals surface area contributed by atoms with E-state index in [4.69, 9.17) is 10.5 Å². The van der Waals surface area contributed by atoms with E-state index in [1.165, 1.54) is 12.5 Å². The van der Waals surface area contributed by atoms with Gasteiger partial charge in [0.25, 0.3) is 18.2 Å². The van der Waals surface area contributed by atoms with Gasteiger partial charge in [-0.3, -0.25) is 0 Å². The molecule has 0 bridgehead atoms. The number of benzene rings is 2. The number of halogens is 6. The van der Waals surface area contributed by atoms with Crippen LogP contribution < -0.4 is 9.47 Å². The molecule has 1 unspecified atom stereocenters. The second-order valence-corrected chi connectivity index (χ2v) is 5.17. The first-order valence-electron chi connectivity index (χ1n) is 7.04. The fraction of sp³-hybridized carbons (Fsp3) is 0.176. The lowest BCUT2D eigenvalue weighted by molar-refractivity contribution is -0.314. The standard InChI is InChI=1S/C17H8F6N2O2/c18-15(17(21,22)23,11-1-5-13(6-2-11)26-9-24)16(19,20)12-3-7-14(8-4-12)27-10-25/h1-8H. The zero-order chi connectivity index (χ0) is 20.3. The summed E-state index contributed by atoms with van der Waals surface area (Å²) in [6.07, 6.45) is -3.47. The van der Waals surface area contributed by atoms with E-state index in [-0.39, 0.29) is 11.5 Å². The van der Waals surface area contributed by atoms with Gasteiger partial charge in [-0.2, -0.15) is 22.0 Å². The Labute approximate surface area is 148 Å². The molecule has 27 heavy (non-hydrogen) atoms. The Bertz CT molecular complexity index is 882. The topological polar surface area (TPSA) is 66.0 Å². The van der Waals surface area contributed by atoms with Gasteiger partial charge in [-0.15, -0.1) is 10.5 Å². The van der Waals surface area contributed by atoms with Gasteiger partial charge in [0, 0.05) is 11.1 Å². The summed E-state index contributed by atoms with van der Waals surface area (Å²) in [7, 11) is 0. The lowest BCUT2D eigenvalue weighted by atomic mass is 9.84. The van der Waals surface area contributed by atoms with E-state index < -0.39 is 28.9 Å². The van der Waals surface area contributed by atoms with Crippen LogP contribution in [0.3, 0.4) is 0 Å². The average Bonchev–Trinajstić information content (AvgIpc) is 2.61. The maximum Gasteiger partial charge on any atom is 0.433 e. The molecule has 0 radical (unpaired) electrons. The minimum absolute atomic E-state index is 0.202. The van der Waals surface area contributed by atoms with Crippen molar-refractivity contribution in [1.29, 1.82) is 10.5 Å². The van der Waals surface area contributed by atoms with E-state index in [0.29, 0.717) is 24.3 Å². The molecule has 4 nitrogen and oxygen atoms in total. The summed E-state index contributed by atoms with van der Waals surface area (Å²) in [5, 5.41) is 16.7. The van der Waals surface area contributed by atoms with Gasteiger partial charge in [0.05, 0.1) is 0 Å². The molecule has 2 aromatic rings. The van der Waals surface area contributed by atoms with Crippen LogP contribution in [-0.2, 0) is 11.6 Å². The molecule has 0 aromatic heterocycles. The van der Waals surface area contributed by atoms with Gasteiger partial charge in [-0.05, 0) is 36.4 Å². The summed E-state index contributed by atoms with van der Waals surface area (Å²) in [5.74, 6) is -5.47. The molecule has 0 saturated heterocycles. The first kappa shape index (κ1) is 19.9. The van der Waals surface area contributed by atoms with Crippen LogP contribution in [0.2, 0.25) is 0 Å². The molecule has 2 rings (SSSR count). The van der Waals surface area contributed by atoms with Crippen molar-refractivity contribution in [2.45, 2.75) is 17.8 Å². The Kier molecular flexibility index (Phi) is 5.22. The summed E-state index contributed by atoms with van der Waals surface area (Å²) < 4.78 is 93.3. The van der Waals surface area contributed by atoms with E-state index in [1.54, 1.807) is 0 Å². The summed E-state index contributed by atoms with van der Waals surface area (Å²) in [6.45, 7) is 0. The van der Waals surface area contributed by atoms with Crippen molar-refractivity contribution in [3.63, 3.8) is 0 Å². The van der Waals surface area contributed by atoms with Crippen molar-refractivity contribution < 1.29 is 35.8 Å². The molecule has 0 aliphatic rings. The lowest BCUT2D eigenvalue weighted by Gasteiger charge is -2.35. The SMILES string of the molecule is N#COc1ccc(C(F)(F)C(F)(c2ccc(OC#N)cc2)C(F)(F)F)cc1. The summed E-state index contributed by atoms with van der Waals surface area (Å²) in [4.78, 5) is 0. The zero-order valence-electron chi connectivity index (χ0n) is 13.1. The molecule has 0 heterocycles. The van der Waals surface area contributed by atoms with Crippen molar-refractivity contribution in [3.8, 4) is 24.0 Å². The fourth-order valence-corrected chi connectivity index (χ4v) is 2.31. The van der Waals surface area contributed by atoms with Crippen LogP contribution in [0, 0.1) is 23.0 Å². The van der Waals surface area contributed by atoms with Crippen molar-refractivity contribution in [2.24, 2.45) is 0 Å². The lowest BCUT2D eigenvalue weighted by Crippen LogP contribution is -2.51. The normalized spacial score (nSPS) is 13.8. The maximum absolute atomic E-state index is 15.0. The molecular weight excluding hydrogens is 378 g/mol. The number of hydrogen-bond acceptors (Lipinski definition) is 4. The number of nitriles is 2. The van der Waals surface area contributed by atoms with Gasteiger partial charge in [-0.1, -0.05) is 12.1 Å². The van der Waals surface area contributed by atoms with Crippen LogP contribution in [0.4, 0.5) is 26.3 Å². The van der Waals surface area contributed by atoms with Crippen LogP contribution in [-0.4, -0.2) is 6.18 Å². The number of rotatable bonds is 5.